The fourth-order valence-electron chi connectivity index (χ4n) is 2.11. The molecule has 11 heavy (non-hydrogen) atoms. The zero-order valence-corrected chi connectivity index (χ0v) is 7.88. The van der Waals surface area contributed by atoms with Gasteiger partial charge in [0.2, 0.25) is 0 Å². The largest absolute Gasteiger partial charge is 0.317 e. The Labute approximate surface area is 73.3 Å². The summed E-state index contributed by atoms with van der Waals surface area (Å²) in [7, 11) is 0. The third-order valence-electron chi connectivity index (χ3n) is 2.94. The number of rotatable bonds is 0. The maximum atomic E-state index is 3.47. The van der Waals surface area contributed by atoms with Gasteiger partial charge in [-0.3, -0.25) is 0 Å². The van der Waals surface area contributed by atoms with Crippen LogP contribution in [0.15, 0.2) is 0 Å². The maximum absolute atomic E-state index is 3.47. The topological polar surface area (TPSA) is 12.0 Å². The van der Waals surface area contributed by atoms with E-state index in [4.69, 9.17) is 0 Å². The van der Waals surface area contributed by atoms with Crippen molar-refractivity contribution in [1.29, 1.82) is 0 Å². The Morgan fingerprint density at radius 2 is 1.64 bits per heavy atom. The van der Waals surface area contributed by atoms with Crippen molar-refractivity contribution >= 4 is 11.8 Å². The molecule has 0 radical (unpaired) electrons. The molecule has 0 aromatic carbocycles. The summed E-state index contributed by atoms with van der Waals surface area (Å²) in [6.07, 6.45) is 5.76. The first kappa shape index (κ1) is 7.93. The van der Waals surface area contributed by atoms with Gasteiger partial charge in [-0.1, -0.05) is 0 Å². The lowest BCUT2D eigenvalue weighted by Crippen LogP contribution is -2.38. The van der Waals surface area contributed by atoms with Crippen LogP contribution < -0.4 is 5.32 Å². The quantitative estimate of drug-likeness (QED) is 0.597. The van der Waals surface area contributed by atoms with Crippen LogP contribution >= 0.6 is 11.8 Å². The van der Waals surface area contributed by atoms with Crippen LogP contribution in [0.25, 0.3) is 0 Å². The van der Waals surface area contributed by atoms with Gasteiger partial charge in [-0.05, 0) is 55.7 Å². The molecule has 1 nitrogen and oxygen atoms in total. The summed E-state index contributed by atoms with van der Waals surface area (Å²) in [4.78, 5) is 0. The van der Waals surface area contributed by atoms with Crippen LogP contribution in [-0.2, 0) is 0 Å². The van der Waals surface area contributed by atoms with Crippen LogP contribution in [0.5, 0.6) is 0 Å². The van der Waals surface area contributed by atoms with Gasteiger partial charge in [0.25, 0.3) is 0 Å². The van der Waals surface area contributed by atoms with Crippen molar-refractivity contribution < 1.29 is 0 Å². The standard InChI is InChI=1S/C9H17NS/c1-3-9(7-11-8-9)4-2-6-10-5-1/h10H,1-8H2. The molecule has 0 aromatic rings. The molecular weight excluding hydrogens is 154 g/mol. The molecule has 0 aliphatic carbocycles. The average molecular weight is 171 g/mol. The van der Waals surface area contributed by atoms with Gasteiger partial charge in [0.05, 0.1) is 0 Å². The summed E-state index contributed by atoms with van der Waals surface area (Å²) in [6.45, 7) is 2.51. The highest BCUT2D eigenvalue weighted by Gasteiger charge is 2.36. The summed E-state index contributed by atoms with van der Waals surface area (Å²) in [5, 5.41) is 3.47. The van der Waals surface area contributed by atoms with E-state index in [0.29, 0.717) is 0 Å². The minimum absolute atomic E-state index is 0.798. The molecule has 2 rings (SSSR count). The molecule has 1 N–H and O–H groups in total. The van der Waals surface area contributed by atoms with E-state index in [1.54, 1.807) is 0 Å². The summed E-state index contributed by atoms with van der Waals surface area (Å²) >= 11 is 2.14. The van der Waals surface area contributed by atoms with Gasteiger partial charge in [0.15, 0.2) is 0 Å². The molecule has 64 valence electrons. The highest BCUT2D eigenvalue weighted by atomic mass is 32.2. The van der Waals surface area contributed by atoms with Crippen molar-refractivity contribution in [3.8, 4) is 0 Å². The lowest BCUT2D eigenvalue weighted by molar-refractivity contribution is 0.269. The Morgan fingerprint density at radius 3 is 2.09 bits per heavy atom. The van der Waals surface area contributed by atoms with Crippen LogP contribution in [0.3, 0.4) is 0 Å². The number of thioether (sulfide) groups is 1. The SMILES string of the molecule is C1CNCCCC2(C1)CSC2. The minimum atomic E-state index is 0.798. The average Bonchev–Trinajstić information content (AvgIpc) is 1.82. The smallest absolute Gasteiger partial charge is 0.000267 e. The predicted molar refractivity (Wildman–Crippen MR) is 51.1 cm³/mol. The highest BCUT2D eigenvalue weighted by molar-refractivity contribution is 8.00. The van der Waals surface area contributed by atoms with Crippen molar-refractivity contribution in [2.75, 3.05) is 24.6 Å². The molecule has 0 bridgehead atoms. The molecule has 2 fully saturated rings. The fourth-order valence-corrected chi connectivity index (χ4v) is 3.47. The van der Waals surface area contributed by atoms with E-state index in [-0.39, 0.29) is 0 Å². The molecular formula is C9H17NS. The lowest BCUT2D eigenvalue weighted by Gasteiger charge is -2.42. The van der Waals surface area contributed by atoms with E-state index in [2.05, 4.69) is 17.1 Å². The summed E-state index contributed by atoms with van der Waals surface area (Å²) in [6, 6.07) is 0. The van der Waals surface area contributed by atoms with Gasteiger partial charge in [-0.25, -0.2) is 0 Å². The van der Waals surface area contributed by atoms with Crippen LogP contribution in [0.4, 0.5) is 0 Å². The predicted octanol–water partition coefficient (Wildman–Crippen LogP) is 1.88. The van der Waals surface area contributed by atoms with Crippen LogP contribution in [0.1, 0.15) is 25.7 Å². The molecule has 0 aromatic heterocycles. The van der Waals surface area contributed by atoms with E-state index >= 15 is 0 Å². The normalized spacial score (nSPS) is 30.5. The number of hydrogen-bond acceptors (Lipinski definition) is 2. The molecule has 1 spiro atoms. The van der Waals surface area contributed by atoms with Gasteiger partial charge in [-0.15, -0.1) is 0 Å². The second-order valence-corrected chi connectivity index (χ2v) is 4.94. The third kappa shape index (κ3) is 1.73. The zero-order valence-electron chi connectivity index (χ0n) is 7.07. The molecule has 2 heteroatoms. The van der Waals surface area contributed by atoms with Crippen LogP contribution in [-0.4, -0.2) is 24.6 Å². The molecule has 2 aliphatic rings. The second kappa shape index (κ2) is 3.36. The van der Waals surface area contributed by atoms with Crippen molar-refractivity contribution in [2.45, 2.75) is 25.7 Å². The highest BCUT2D eigenvalue weighted by Crippen LogP contribution is 2.45. The monoisotopic (exact) mass is 171 g/mol. The van der Waals surface area contributed by atoms with E-state index in [0.717, 1.165) is 5.41 Å². The number of nitrogens with one attached hydrogen (secondary N) is 1. The summed E-state index contributed by atoms with van der Waals surface area (Å²) in [5.41, 5.74) is 0.798. The van der Waals surface area contributed by atoms with Crippen molar-refractivity contribution in [3.63, 3.8) is 0 Å². The third-order valence-corrected chi connectivity index (χ3v) is 4.57. The first-order valence-corrected chi connectivity index (χ1v) is 5.85. The Bertz CT molecular complexity index is 122. The van der Waals surface area contributed by atoms with Crippen molar-refractivity contribution in [3.05, 3.63) is 0 Å². The van der Waals surface area contributed by atoms with Gasteiger partial charge in [-0.2, -0.15) is 11.8 Å². The van der Waals surface area contributed by atoms with Gasteiger partial charge in [0.1, 0.15) is 0 Å². The Kier molecular flexibility index (Phi) is 2.42. The molecule has 2 saturated heterocycles. The molecule has 2 heterocycles. The molecule has 2 aliphatic heterocycles. The molecule has 0 amide bonds. The van der Waals surface area contributed by atoms with E-state index < -0.39 is 0 Å². The van der Waals surface area contributed by atoms with Gasteiger partial charge >= 0.3 is 0 Å². The van der Waals surface area contributed by atoms with Crippen molar-refractivity contribution in [1.82, 2.24) is 5.32 Å². The maximum Gasteiger partial charge on any atom is -0.000267 e. The number of hydrogen-bond donors (Lipinski definition) is 1. The fraction of sp³-hybridized carbons (Fsp3) is 1.00. The van der Waals surface area contributed by atoms with Crippen molar-refractivity contribution in [2.24, 2.45) is 5.41 Å². The van der Waals surface area contributed by atoms with E-state index in [1.165, 1.54) is 50.3 Å². The summed E-state index contributed by atoms with van der Waals surface area (Å²) < 4.78 is 0. The minimum Gasteiger partial charge on any atom is -0.317 e. The van der Waals surface area contributed by atoms with E-state index in [9.17, 15) is 0 Å². The van der Waals surface area contributed by atoms with E-state index in [1.807, 2.05) is 0 Å². The first-order chi connectivity index (χ1) is 5.41. The Balaban J connectivity index is 1.86. The van der Waals surface area contributed by atoms with Crippen LogP contribution in [0.2, 0.25) is 0 Å². The zero-order chi connectivity index (χ0) is 7.57. The second-order valence-electron chi connectivity index (χ2n) is 3.95. The Morgan fingerprint density at radius 1 is 1.00 bits per heavy atom. The first-order valence-electron chi connectivity index (χ1n) is 4.70. The lowest BCUT2D eigenvalue weighted by atomic mass is 9.81. The van der Waals surface area contributed by atoms with Gasteiger partial charge < -0.3 is 5.32 Å². The molecule has 0 atom stereocenters. The molecule has 0 saturated carbocycles. The Hall–Kier alpha value is 0.310. The molecule has 0 unspecified atom stereocenters. The summed E-state index contributed by atoms with van der Waals surface area (Å²) in [5.74, 6) is 2.90. The van der Waals surface area contributed by atoms with Gasteiger partial charge in [0, 0.05) is 0 Å². The van der Waals surface area contributed by atoms with Crippen LogP contribution in [0, 0.1) is 5.41 Å².